The Morgan fingerprint density at radius 2 is 1.95 bits per heavy atom. The fourth-order valence-electron chi connectivity index (χ4n) is 2.56. The molecule has 2 atom stereocenters. The van der Waals surface area contributed by atoms with Crippen molar-refractivity contribution in [3.63, 3.8) is 0 Å². The van der Waals surface area contributed by atoms with Crippen LogP contribution in [0.4, 0.5) is 0 Å². The van der Waals surface area contributed by atoms with E-state index in [1.54, 1.807) is 0 Å². The molecule has 0 spiro atoms. The first-order valence-corrected chi connectivity index (χ1v) is 7.22. The van der Waals surface area contributed by atoms with E-state index < -0.39 is 0 Å². The topological polar surface area (TPSA) is 61.0 Å². The van der Waals surface area contributed by atoms with Gasteiger partial charge in [0.1, 0.15) is 11.1 Å². The number of aromatic nitrogens is 2. The van der Waals surface area contributed by atoms with Crippen LogP contribution in [0.1, 0.15) is 49.4 Å². The molecule has 1 aliphatic rings. The minimum Gasteiger partial charge on any atom is -0.472 e. The average molecular weight is 279 g/mol. The van der Waals surface area contributed by atoms with Crippen LogP contribution >= 0.6 is 12.2 Å². The highest BCUT2D eigenvalue weighted by atomic mass is 32.1. The number of aryl methyl sites for hydroxylation is 1. The van der Waals surface area contributed by atoms with Gasteiger partial charge in [0, 0.05) is 0 Å². The first kappa shape index (κ1) is 14.2. The molecule has 5 heteroatoms. The third-order valence-corrected chi connectivity index (χ3v) is 4.17. The summed E-state index contributed by atoms with van der Waals surface area (Å²) in [5.41, 5.74) is 8.34. The summed E-state index contributed by atoms with van der Waals surface area (Å²) in [5, 5.41) is 8.27. The predicted molar refractivity (Wildman–Crippen MR) is 79.4 cm³/mol. The number of nitrogens with two attached hydrogens (primary N) is 1. The van der Waals surface area contributed by atoms with Crippen LogP contribution in [-0.2, 0) is 0 Å². The van der Waals surface area contributed by atoms with Gasteiger partial charge in [-0.2, -0.15) is 5.10 Å². The molecule has 1 saturated carbocycles. The van der Waals surface area contributed by atoms with Crippen LogP contribution in [0.5, 0.6) is 5.88 Å². The maximum absolute atomic E-state index is 6.05. The standard InChI is InChI=1S/C14H21N3OS/c1-8-6-4-5-7-11(8)18-14-12(13(15)19)9(2)10(3)16-17-14/h8,11H,4-7H2,1-3H3,(H2,15,19). The van der Waals surface area contributed by atoms with Gasteiger partial charge >= 0.3 is 0 Å². The molecule has 0 amide bonds. The maximum atomic E-state index is 6.05. The third-order valence-electron chi connectivity index (χ3n) is 3.96. The molecular weight excluding hydrogens is 258 g/mol. The first-order chi connectivity index (χ1) is 9.00. The summed E-state index contributed by atoms with van der Waals surface area (Å²) in [7, 11) is 0. The van der Waals surface area contributed by atoms with Gasteiger partial charge in [0.15, 0.2) is 0 Å². The van der Waals surface area contributed by atoms with Crippen LogP contribution < -0.4 is 10.5 Å². The summed E-state index contributed by atoms with van der Waals surface area (Å²) in [6, 6.07) is 0. The second-order valence-electron chi connectivity index (χ2n) is 5.37. The number of hydrogen-bond acceptors (Lipinski definition) is 4. The Labute approximate surface area is 119 Å². The Bertz CT molecular complexity index is 490. The van der Waals surface area contributed by atoms with E-state index in [9.17, 15) is 0 Å². The SMILES string of the molecule is Cc1nnc(OC2CCCCC2C)c(C(N)=S)c1C. The van der Waals surface area contributed by atoms with Gasteiger partial charge in [0.25, 0.3) is 0 Å². The zero-order valence-corrected chi connectivity index (χ0v) is 12.6. The number of thiocarbonyl (C=S) groups is 1. The zero-order chi connectivity index (χ0) is 14.0. The smallest absolute Gasteiger partial charge is 0.244 e. The van der Waals surface area contributed by atoms with Crippen LogP contribution in [0.2, 0.25) is 0 Å². The monoisotopic (exact) mass is 279 g/mol. The van der Waals surface area contributed by atoms with Crippen molar-refractivity contribution in [2.75, 3.05) is 0 Å². The molecule has 0 saturated heterocycles. The van der Waals surface area contributed by atoms with Gasteiger partial charge in [-0.15, -0.1) is 5.10 Å². The molecule has 0 aromatic carbocycles. The van der Waals surface area contributed by atoms with Crippen molar-refractivity contribution in [2.24, 2.45) is 11.7 Å². The lowest BCUT2D eigenvalue weighted by Gasteiger charge is -2.29. The third kappa shape index (κ3) is 3.03. The Morgan fingerprint density at radius 3 is 2.58 bits per heavy atom. The van der Waals surface area contributed by atoms with E-state index in [2.05, 4.69) is 17.1 Å². The van der Waals surface area contributed by atoms with Gasteiger partial charge in [0.05, 0.1) is 11.3 Å². The maximum Gasteiger partial charge on any atom is 0.244 e. The molecule has 0 radical (unpaired) electrons. The molecular formula is C14H21N3OS. The number of nitrogens with zero attached hydrogens (tertiary/aromatic N) is 2. The van der Waals surface area contributed by atoms with Crippen LogP contribution in [0, 0.1) is 19.8 Å². The van der Waals surface area contributed by atoms with Gasteiger partial charge in [-0.05, 0) is 44.6 Å². The molecule has 4 nitrogen and oxygen atoms in total. The van der Waals surface area contributed by atoms with Crippen molar-refractivity contribution < 1.29 is 4.74 Å². The predicted octanol–water partition coefficient (Wildman–Crippen LogP) is 2.69. The van der Waals surface area contributed by atoms with E-state index in [1.807, 2.05) is 13.8 Å². The lowest BCUT2D eigenvalue weighted by molar-refractivity contribution is 0.0961. The molecule has 1 fully saturated rings. The van der Waals surface area contributed by atoms with E-state index in [1.165, 1.54) is 19.3 Å². The van der Waals surface area contributed by atoms with Gasteiger partial charge in [0.2, 0.25) is 5.88 Å². The van der Waals surface area contributed by atoms with Crippen molar-refractivity contribution in [2.45, 2.75) is 52.6 Å². The van der Waals surface area contributed by atoms with Gasteiger partial charge in [-0.1, -0.05) is 25.6 Å². The van der Waals surface area contributed by atoms with E-state index in [-0.39, 0.29) is 6.10 Å². The highest BCUT2D eigenvalue weighted by molar-refractivity contribution is 7.80. The molecule has 0 bridgehead atoms. The van der Waals surface area contributed by atoms with Crippen LogP contribution in [0.25, 0.3) is 0 Å². The molecule has 1 aromatic heterocycles. The fraction of sp³-hybridized carbons (Fsp3) is 0.643. The number of hydrogen-bond donors (Lipinski definition) is 1. The molecule has 0 aliphatic heterocycles. The van der Waals surface area contributed by atoms with Crippen molar-refractivity contribution in [1.82, 2.24) is 10.2 Å². The summed E-state index contributed by atoms with van der Waals surface area (Å²) in [6.45, 7) is 6.07. The van der Waals surface area contributed by atoms with Crippen molar-refractivity contribution in [3.05, 3.63) is 16.8 Å². The Kier molecular flexibility index (Phi) is 4.34. The van der Waals surface area contributed by atoms with E-state index in [0.717, 1.165) is 23.2 Å². The van der Waals surface area contributed by atoms with Crippen molar-refractivity contribution in [1.29, 1.82) is 0 Å². The fourth-order valence-corrected chi connectivity index (χ4v) is 2.80. The normalized spacial score (nSPS) is 23.1. The Balaban J connectivity index is 2.29. The van der Waals surface area contributed by atoms with Gasteiger partial charge in [-0.3, -0.25) is 0 Å². The molecule has 1 aromatic rings. The average Bonchev–Trinajstić information content (AvgIpc) is 2.36. The van der Waals surface area contributed by atoms with Gasteiger partial charge in [-0.25, -0.2) is 0 Å². The van der Waals surface area contributed by atoms with Crippen molar-refractivity contribution in [3.8, 4) is 5.88 Å². The lowest BCUT2D eigenvalue weighted by Crippen LogP contribution is -2.30. The van der Waals surface area contributed by atoms with Crippen LogP contribution in [0.3, 0.4) is 0 Å². The summed E-state index contributed by atoms with van der Waals surface area (Å²) in [4.78, 5) is 0.328. The minimum atomic E-state index is 0.193. The molecule has 1 aliphatic carbocycles. The second-order valence-corrected chi connectivity index (χ2v) is 5.81. The summed E-state index contributed by atoms with van der Waals surface area (Å²) in [5.74, 6) is 1.03. The molecule has 1 heterocycles. The van der Waals surface area contributed by atoms with Crippen molar-refractivity contribution >= 4 is 17.2 Å². The molecule has 104 valence electrons. The summed E-state index contributed by atoms with van der Waals surface area (Å²) >= 11 is 5.12. The van der Waals surface area contributed by atoms with E-state index in [4.69, 9.17) is 22.7 Å². The Hall–Kier alpha value is -1.23. The number of ether oxygens (including phenoxy) is 1. The highest BCUT2D eigenvalue weighted by Crippen LogP contribution is 2.29. The quantitative estimate of drug-likeness (QED) is 0.862. The molecule has 2 N–H and O–H groups in total. The highest BCUT2D eigenvalue weighted by Gasteiger charge is 2.25. The van der Waals surface area contributed by atoms with Crippen LogP contribution in [0.15, 0.2) is 0 Å². The van der Waals surface area contributed by atoms with E-state index >= 15 is 0 Å². The minimum absolute atomic E-state index is 0.193. The number of rotatable bonds is 3. The molecule has 2 rings (SSSR count). The summed E-state index contributed by atoms with van der Waals surface area (Å²) in [6.07, 6.45) is 4.94. The molecule has 19 heavy (non-hydrogen) atoms. The zero-order valence-electron chi connectivity index (χ0n) is 11.8. The lowest BCUT2D eigenvalue weighted by atomic mass is 9.88. The largest absolute Gasteiger partial charge is 0.472 e. The van der Waals surface area contributed by atoms with Crippen LogP contribution in [-0.4, -0.2) is 21.3 Å². The Morgan fingerprint density at radius 1 is 1.26 bits per heavy atom. The van der Waals surface area contributed by atoms with E-state index in [0.29, 0.717) is 16.8 Å². The molecule has 2 unspecified atom stereocenters. The van der Waals surface area contributed by atoms with Gasteiger partial charge < -0.3 is 10.5 Å². The summed E-state index contributed by atoms with van der Waals surface area (Å²) < 4.78 is 6.05. The first-order valence-electron chi connectivity index (χ1n) is 6.81. The second kappa shape index (κ2) is 5.82.